The van der Waals surface area contributed by atoms with Crippen LogP contribution in [0, 0.1) is 13.8 Å². The lowest BCUT2D eigenvalue weighted by Gasteiger charge is -2.14. The minimum atomic E-state index is -0.443. The molecule has 0 aliphatic carbocycles. The molecule has 6 nitrogen and oxygen atoms in total. The zero-order chi connectivity index (χ0) is 24.2. The molecule has 3 amide bonds. The molecule has 1 N–H and O–H groups in total. The number of urea groups is 1. The van der Waals surface area contributed by atoms with Gasteiger partial charge in [-0.3, -0.25) is 9.69 Å². The highest BCUT2D eigenvalue weighted by Crippen LogP contribution is 2.38. The SMILES string of the molecule is COc1cc(/C=C2/NC(=O)N(Cc3cccc(C)c3)C2=O)cc(Br)c1OCc1ccc(C)cc1. The third kappa shape index (κ3) is 5.31. The van der Waals surface area contributed by atoms with Gasteiger partial charge in [0.05, 0.1) is 18.1 Å². The van der Waals surface area contributed by atoms with Gasteiger partial charge in [0.1, 0.15) is 12.3 Å². The summed E-state index contributed by atoms with van der Waals surface area (Å²) in [7, 11) is 1.56. The molecule has 4 rings (SSSR count). The van der Waals surface area contributed by atoms with Crippen molar-refractivity contribution in [2.45, 2.75) is 27.0 Å². The van der Waals surface area contributed by atoms with E-state index in [0.29, 0.717) is 28.1 Å². The van der Waals surface area contributed by atoms with Gasteiger partial charge in [0.25, 0.3) is 5.91 Å². The molecule has 0 saturated carbocycles. The third-order valence-electron chi connectivity index (χ3n) is 5.45. The standard InChI is InChI=1S/C27H25BrN2O4/c1-17-7-9-19(10-8-17)16-34-25-22(28)12-21(14-24(25)33-3)13-23-26(31)30(27(32)29-23)15-20-6-4-5-18(2)11-20/h4-14H,15-16H2,1-3H3,(H,29,32)/b23-13+. The van der Waals surface area contributed by atoms with Crippen molar-refractivity contribution >= 4 is 33.9 Å². The van der Waals surface area contributed by atoms with Gasteiger partial charge in [0, 0.05) is 0 Å². The molecular formula is C27H25BrN2O4. The number of carbonyl (C=O) groups excluding carboxylic acids is 2. The maximum atomic E-state index is 12.9. The first kappa shape index (κ1) is 23.6. The van der Waals surface area contributed by atoms with Crippen LogP contribution in [-0.2, 0) is 17.9 Å². The van der Waals surface area contributed by atoms with Gasteiger partial charge in [0.2, 0.25) is 0 Å². The van der Waals surface area contributed by atoms with Crippen molar-refractivity contribution in [1.29, 1.82) is 0 Å². The zero-order valence-corrected chi connectivity index (χ0v) is 20.8. The van der Waals surface area contributed by atoms with Crippen LogP contribution in [0.4, 0.5) is 4.79 Å². The first-order valence-electron chi connectivity index (χ1n) is 10.8. The summed E-state index contributed by atoms with van der Waals surface area (Å²) in [6, 6.07) is 19.0. The van der Waals surface area contributed by atoms with Crippen LogP contribution in [0.15, 0.2) is 70.8 Å². The van der Waals surface area contributed by atoms with Crippen LogP contribution < -0.4 is 14.8 Å². The molecule has 174 valence electrons. The summed E-state index contributed by atoms with van der Waals surface area (Å²) in [5, 5.41) is 2.67. The highest BCUT2D eigenvalue weighted by Gasteiger charge is 2.33. The highest BCUT2D eigenvalue weighted by atomic mass is 79.9. The van der Waals surface area contributed by atoms with E-state index < -0.39 is 6.03 Å². The van der Waals surface area contributed by atoms with Crippen molar-refractivity contribution in [2.24, 2.45) is 0 Å². The predicted molar refractivity (Wildman–Crippen MR) is 134 cm³/mol. The number of carbonyl (C=O) groups is 2. The Morgan fingerprint density at radius 1 is 0.971 bits per heavy atom. The monoisotopic (exact) mass is 520 g/mol. The van der Waals surface area contributed by atoms with E-state index in [1.54, 1.807) is 19.3 Å². The first-order valence-corrected chi connectivity index (χ1v) is 11.6. The van der Waals surface area contributed by atoms with Crippen LogP contribution in [-0.4, -0.2) is 23.9 Å². The molecule has 0 spiro atoms. The molecule has 0 bridgehead atoms. The van der Waals surface area contributed by atoms with Crippen molar-refractivity contribution in [1.82, 2.24) is 10.2 Å². The molecular weight excluding hydrogens is 496 g/mol. The summed E-state index contributed by atoms with van der Waals surface area (Å²) < 4.78 is 12.2. The van der Waals surface area contributed by atoms with E-state index in [1.165, 1.54) is 10.5 Å². The maximum Gasteiger partial charge on any atom is 0.329 e. The number of ether oxygens (including phenoxy) is 2. The molecule has 1 aliphatic rings. The predicted octanol–water partition coefficient (Wildman–Crippen LogP) is 5.75. The van der Waals surface area contributed by atoms with Gasteiger partial charge < -0.3 is 14.8 Å². The largest absolute Gasteiger partial charge is 0.493 e. The highest BCUT2D eigenvalue weighted by molar-refractivity contribution is 9.10. The van der Waals surface area contributed by atoms with E-state index in [4.69, 9.17) is 9.47 Å². The average molecular weight is 521 g/mol. The lowest BCUT2D eigenvalue weighted by molar-refractivity contribution is -0.123. The zero-order valence-electron chi connectivity index (χ0n) is 19.2. The van der Waals surface area contributed by atoms with E-state index in [1.807, 2.05) is 68.4 Å². The molecule has 34 heavy (non-hydrogen) atoms. The molecule has 1 heterocycles. The summed E-state index contributed by atoms with van der Waals surface area (Å²) in [6.45, 7) is 4.61. The molecule has 1 fully saturated rings. The third-order valence-corrected chi connectivity index (χ3v) is 6.04. The summed E-state index contributed by atoms with van der Waals surface area (Å²) in [6.07, 6.45) is 1.63. The molecule has 0 unspecified atom stereocenters. The van der Waals surface area contributed by atoms with Crippen LogP contribution in [0.1, 0.15) is 27.8 Å². The van der Waals surface area contributed by atoms with Gasteiger partial charge in [-0.2, -0.15) is 0 Å². The smallest absolute Gasteiger partial charge is 0.329 e. The summed E-state index contributed by atoms with van der Waals surface area (Å²) in [5.74, 6) is 0.705. The van der Waals surface area contributed by atoms with Crippen LogP contribution >= 0.6 is 15.9 Å². The number of amides is 3. The van der Waals surface area contributed by atoms with Crippen LogP contribution in [0.25, 0.3) is 6.08 Å². The Morgan fingerprint density at radius 3 is 2.44 bits per heavy atom. The molecule has 0 atom stereocenters. The van der Waals surface area contributed by atoms with E-state index in [9.17, 15) is 9.59 Å². The fourth-order valence-electron chi connectivity index (χ4n) is 3.68. The maximum absolute atomic E-state index is 12.9. The lowest BCUT2D eigenvalue weighted by atomic mass is 10.1. The Hall–Kier alpha value is -3.58. The number of hydrogen-bond donors (Lipinski definition) is 1. The number of nitrogens with zero attached hydrogens (tertiary/aromatic N) is 1. The van der Waals surface area contributed by atoms with Crippen LogP contribution in [0.5, 0.6) is 11.5 Å². The van der Waals surface area contributed by atoms with E-state index in [-0.39, 0.29) is 18.1 Å². The number of hydrogen-bond acceptors (Lipinski definition) is 4. The number of nitrogens with one attached hydrogen (secondary N) is 1. The Balaban J connectivity index is 1.53. The van der Waals surface area contributed by atoms with Gasteiger partial charge in [-0.25, -0.2) is 4.79 Å². The van der Waals surface area contributed by atoms with Gasteiger partial charge in [-0.15, -0.1) is 0 Å². The fraction of sp³-hybridized carbons (Fsp3) is 0.185. The number of halogens is 1. The normalized spacial score (nSPS) is 14.5. The van der Waals surface area contributed by atoms with Gasteiger partial charge in [0.15, 0.2) is 11.5 Å². The van der Waals surface area contributed by atoms with E-state index in [2.05, 4.69) is 21.2 Å². The van der Waals surface area contributed by atoms with Gasteiger partial charge in [-0.05, 0) is 64.7 Å². The van der Waals surface area contributed by atoms with E-state index in [0.717, 1.165) is 16.7 Å². The van der Waals surface area contributed by atoms with Crippen molar-refractivity contribution in [3.8, 4) is 11.5 Å². The second-order valence-electron chi connectivity index (χ2n) is 8.18. The minimum absolute atomic E-state index is 0.208. The molecule has 3 aromatic carbocycles. The number of benzene rings is 3. The summed E-state index contributed by atoms with van der Waals surface area (Å²) in [4.78, 5) is 26.6. The second-order valence-corrected chi connectivity index (χ2v) is 9.03. The van der Waals surface area contributed by atoms with Crippen molar-refractivity contribution in [3.63, 3.8) is 0 Å². The van der Waals surface area contributed by atoms with Gasteiger partial charge >= 0.3 is 6.03 Å². The Morgan fingerprint density at radius 2 is 1.74 bits per heavy atom. The van der Waals surface area contributed by atoms with Crippen LogP contribution in [0.2, 0.25) is 0 Å². The summed E-state index contributed by atoms with van der Waals surface area (Å²) in [5.41, 5.74) is 5.09. The average Bonchev–Trinajstić information content (AvgIpc) is 3.06. The summed E-state index contributed by atoms with van der Waals surface area (Å²) >= 11 is 3.55. The topological polar surface area (TPSA) is 67.9 Å². The quantitative estimate of drug-likeness (QED) is 0.318. The number of rotatable bonds is 7. The number of methoxy groups -OCH3 is 1. The Labute approximate surface area is 207 Å². The van der Waals surface area contributed by atoms with Crippen molar-refractivity contribution in [2.75, 3.05) is 7.11 Å². The molecule has 7 heteroatoms. The molecule has 0 radical (unpaired) electrons. The Bertz CT molecular complexity index is 1270. The molecule has 1 saturated heterocycles. The Kier molecular flexibility index (Phi) is 7.03. The number of imide groups is 1. The number of aryl methyl sites for hydroxylation is 2. The molecule has 1 aliphatic heterocycles. The molecule has 0 aromatic heterocycles. The van der Waals surface area contributed by atoms with Crippen molar-refractivity contribution in [3.05, 3.63) is 98.7 Å². The van der Waals surface area contributed by atoms with Gasteiger partial charge in [-0.1, -0.05) is 59.7 Å². The fourth-order valence-corrected chi connectivity index (χ4v) is 4.25. The second kappa shape index (κ2) is 10.1. The first-order chi connectivity index (χ1) is 16.3. The molecule has 3 aromatic rings. The van der Waals surface area contributed by atoms with E-state index >= 15 is 0 Å². The lowest BCUT2D eigenvalue weighted by Crippen LogP contribution is -2.30. The minimum Gasteiger partial charge on any atom is -0.493 e. The van der Waals surface area contributed by atoms with Crippen molar-refractivity contribution < 1.29 is 19.1 Å². The van der Waals surface area contributed by atoms with Crippen LogP contribution in [0.3, 0.4) is 0 Å².